The van der Waals surface area contributed by atoms with E-state index in [1.54, 1.807) is 0 Å². The van der Waals surface area contributed by atoms with Crippen molar-refractivity contribution in [3.05, 3.63) is 42.3 Å². The van der Waals surface area contributed by atoms with Crippen molar-refractivity contribution >= 4 is 5.91 Å². The van der Waals surface area contributed by atoms with E-state index in [2.05, 4.69) is 17.2 Å². The lowest BCUT2D eigenvalue weighted by Gasteiger charge is -2.15. The number of aromatic nitrogens is 1. The summed E-state index contributed by atoms with van der Waals surface area (Å²) in [5.41, 5.74) is 6.80. The average Bonchev–Trinajstić information content (AvgIpc) is 3.02. The van der Waals surface area contributed by atoms with E-state index in [0.717, 1.165) is 24.8 Å². The van der Waals surface area contributed by atoms with Crippen molar-refractivity contribution in [2.45, 2.75) is 32.2 Å². The van der Waals surface area contributed by atoms with Crippen molar-refractivity contribution in [1.29, 1.82) is 0 Å². The zero-order valence-corrected chi connectivity index (χ0v) is 12.2. The van der Waals surface area contributed by atoms with Gasteiger partial charge in [0.05, 0.1) is 0 Å². The normalized spacial score (nSPS) is 12.1. The zero-order valence-electron chi connectivity index (χ0n) is 12.2. The topological polar surface area (TPSA) is 81.1 Å². The molecule has 0 aliphatic carbocycles. The molecule has 21 heavy (non-hydrogen) atoms. The Balaban J connectivity index is 2.02. The average molecular weight is 287 g/mol. The fraction of sp³-hybridized carbons (Fsp3) is 0.375. The quantitative estimate of drug-likeness (QED) is 0.820. The van der Waals surface area contributed by atoms with Crippen LogP contribution >= 0.6 is 0 Å². The molecule has 1 heterocycles. The van der Waals surface area contributed by atoms with Crippen LogP contribution in [0.25, 0.3) is 11.5 Å². The minimum Gasteiger partial charge on any atom is -0.444 e. The van der Waals surface area contributed by atoms with Crippen LogP contribution in [0.15, 0.2) is 41.0 Å². The summed E-state index contributed by atoms with van der Waals surface area (Å²) in [5.74, 6) is 0.200. The Morgan fingerprint density at radius 2 is 2.14 bits per heavy atom. The minimum atomic E-state index is -0.243. The van der Waals surface area contributed by atoms with Gasteiger partial charge < -0.3 is 15.5 Å². The van der Waals surface area contributed by atoms with Crippen LogP contribution in [-0.4, -0.2) is 23.5 Å². The Morgan fingerprint density at radius 1 is 1.38 bits per heavy atom. The number of nitrogens with two attached hydrogens (primary N) is 1. The summed E-state index contributed by atoms with van der Waals surface area (Å²) in [6.45, 7) is 2.54. The molecule has 1 unspecified atom stereocenters. The molecule has 2 rings (SSSR count). The van der Waals surface area contributed by atoms with Gasteiger partial charge in [-0.25, -0.2) is 4.98 Å². The van der Waals surface area contributed by atoms with Crippen LogP contribution in [-0.2, 0) is 0 Å². The lowest BCUT2D eigenvalue weighted by atomic mass is 10.1. The van der Waals surface area contributed by atoms with Gasteiger partial charge in [-0.05, 0) is 18.6 Å². The van der Waals surface area contributed by atoms with Crippen molar-refractivity contribution in [1.82, 2.24) is 10.3 Å². The van der Waals surface area contributed by atoms with Crippen LogP contribution in [0.5, 0.6) is 0 Å². The van der Waals surface area contributed by atoms with E-state index >= 15 is 0 Å². The molecule has 0 fully saturated rings. The maximum Gasteiger partial charge on any atom is 0.273 e. The number of unbranched alkanes of at least 4 members (excludes halogenated alkanes) is 1. The summed E-state index contributed by atoms with van der Waals surface area (Å²) >= 11 is 0. The fourth-order valence-corrected chi connectivity index (χ4v) is 2.05. The molecule has 0 saturated carbocycles. The molecule has 2 aromatic rings. The lowest BCUT2D eigenvalue weighted by molar-refractivity contribution is 0.0930. The number of carbonyl (C=O) groups is 1. The molecule has 1 aromatic carbocycles. The first-order chi connectivity index (χ1) is 10.2. The smallest absolute Gasteiger partial charge is 0.273 e. The molecule has 0 aliphatic heterocycles. The van der Waals surface area contributed by atoms with E-state index < -0.39 is 0 Å². The molecule has 112 valence electrons. The second-order valence-electron chi connectivity index (χ2n) is 4.95. The number of benzene rings is 1. The number of carbonyl (C=O) groups excluding carboxylic acids is 1. The van der Waals surface area contributed by atoms with E-state index in [0.29, 0.717) is 12.4 Å². The molecule has 0 saturated heterocycles. The number of oxazole rings is 1. The van der Waals surface area contributed by atoms with E-state index in [9.17, 15) is 4.79 Å². The Labute approximate surface area is 124 Å². The summed E-state index contributed by atoms with van der Waals surface area (Å²) in [6, 6.07) is 9.46. The largest absolute Gasteiger partial charge is 0.444 e. The van der Waals surface area contributed by atoms with Crippen molar-refractivity contribution in [3.8, 4) is 11.5 Å². The summed E-state index contributed by atoms with van der Waals surface area (Å²) in [4.78, 5) is 16.4. The monoisotopic (exact) mass is 287 g/mol. The van der Waals surface area contributed by atoms with Gasteiger partial charge in [-0.15, -0.1) is 0 Å². The first kappa shape index (κ1) is 15.3. The van der Waals surface area contributed by atoms with E-state index in [1.165, 1.54) is 6.26 Å². The van der Waals surface area contributed by atoms with E-state index in [-0.39, 0.29) is 17.6 Å². The van der Waals surface area contributed by atoms with Gasteiger partial charge in [-0.1, -0.05) is 38.0 Å². The SMILES string of the molecule is CCCCC(CN)NC(=O)c1coc(-c2ccccc2)n1. The molecular weight excluding hydrogens is 266 g/mol. The molecule has 1 aromatic heterocycles. The molecule has 0 aliphatic rings. The molecule has 1 amide bonds. The first-order valence-electron chi connectivity index (χ1n) is 7.26. The van der Waals surface area contributed by atoms with Crippen LogP contribution in [0.3, 0.4) is 0 Å². The Kier molecular flexibility index (Phi) is 5.51. The molecule has 0 radical (unpaired) electrons. The highest BCUT2D eigenvalue weighted by molar-refractivity contribution is 5.92. The summed E-state index contributed by atoms with van der Waals surface area (Å²) in [7, 11) is 0. The minimum absolute atomic E-state index is 0.0191. The summed E-state index contributed by atoms with van der Waals surface area (Å²) < 4.78 is 5.36. The third-order valence-electron chi connectivity index (χ3n) is 3.28. The predicted molar refractivity (Wildman–Crippen MR) is 81.8 cm³/mol. The van der Waals surface area contributed by atoms with Gasteiger partial charge in [0.2, 0.25) is 5.89 Å². The summed E-state index contributed by atoms with van der Waals surface area (Å²) in [6.07, 6.45) is 4.37. The second kappa shape index (κ2) is 7.59. The highest BCUT2D eigenvalue weighted by Gasteiger charge is 2.16. The van der Waals surface area contributed by atoms with Gasteiger partial charge in [-0.2, -0.15) is 0 Å². The maximum absolute atomic E-state index is 12.1. The number of rotatable bonds is 7. The van der Waals surface area contributed by atoms with Crippen LogP contribution in [0.4, 0.5) is 0 Å². The Morgan fingerprint density at radius 3 is 2.81 bits per heavy atom. The number of amides is 1. The highest BCUT2D eigenvalue weighted by Crippen LogP contribution is 2.17. The predicted octanol–water partition coefficient (Wildman–Crippen LogP) is 2.59. The van der Waals surface area contributed by atoms with Gasteiger partial charge in [-0.3, -0.25) is 4.79 Å². The molecule has 5 heteroatoms. The zero-order chi connectivity index (χ0) is 15.1. The van der Waals surface area contributed by atoms with E-state index in [4.69, 9.17) is 10.2 Å². The third-order valence-corrected chi connectivity index (χ3v) is 3.28. The van der Waals surface area contributed by atoms with Crippen LogP contribution < -0.4 is 11.1 Å². The number of hydrogen-bond acceptors (Lipinski definition) is 4. The second-order valence-corrected chi connectivity index (χ2v) is 4.95. The number of nitrogens with one attached hydrogen (secondary N) is 1. The fourth-order valence-electron chi connectivity index (χ4n) is 2.05. The van der Waals surface area contributed by atoms with Gasteiger partial charge in [0.25, 0.3) is 5.91 Å². The molecule has 0 spiro atoms. The lowest BCUT2D eigenvalue weighted by Crippen LogP contribution is -2.40. The van der Waals surface area contributed by atoms with Crippen LogP contribution in [0.1, 0.15) is 36.7 Å². The Hall–Kier alpha value is -2.14. The van der Waals surface area contributed by atoms with Crippen molar-refractivity contribution in [3.63, 3.8) is 0 Å². The Bertz CT molecular complexity index is 566. The van der Waals surface area contributed by atoms with Crippen LogP contribution in [0.2, 0.25) is 0 Å². The van der Waals surface area contributed by atoms with Gasteiger partial charge >= 0.3 is 0 Å². The number of hydrogen-bond donors (Lipinski definition) is 2. The molecular formula is C16H21N3O2. The highest BCUT2D eigenvalue weighted by atomic mass is 16.3. The van der Waals surface area contributed by atoms with Gasteiger partial charge in [0.15, 0.2) is 5.69 Å². The molecule has 3 N–H and O–H groups in total. The van der Waals surface area contributed by atoms with Crippen molar-refractivity contribution < 1.29 is 9.21 Å². The summed E-state index contributed by atoms with van der Waals surface area (Å²) in [5, 5.41) is 2.90. The number of nitrogens with zero attached hydrogens (tertiary/aromatic N) is 1. The van der Waals surface area contributed by atoms with Gasteiger partial charge in [0.1, 0.15) is 6.26 Å². The molecule has 5 nitrogen and oxygen atoms in total. The molecule has 0 bridgehead atoms. The standard InChI is InChI=1S/C16H21N3O2/c1-2-3-9-13(10-17)18-15(20)14-11-21-16(19-14)12-7-5-4-6-8-12/h4-8,11,13H,2-3,9-10,17H2,1H3,(H,18,20). The van der Waals surface area contributed by atoms with Gasteiger partial charge in [0, 0.05) is 18.2 Å². The van der Waals surface area contributed by atoms with Crippen molar-refractivity contribution in [2.24, 2.45) is 5.73 Å². The van der Waals surface area contributed by atoms with E-state index in [1.807, 2.05) is 30.3 Å². The molecule has 1 atom stereocenters. The van der Waals surface area contributed by atoms with Crippen LogP contribution in [0, 0.1) is 0 Å². The maximum atomic E-state index is 12.1. The van der Waals surface area contributed by atoms with Crippen molar-refractivity contribution in [2.75, 3.05) is 6.54 Å². The first-order valence-corrected chi connectivity index (χ1v) is 7.26. The third kappa shape index (κ3) is 4.16.